The highest BCUT2D eigenvalue weighted by Gasteiger charge is 2.46. The molecule has 0 bridgehead atoms. The van der Waals surface area contributed by atoms with Gasteiger partial charge < -0.3 is 0 Å². The Hall–Kier alpha value is -2.30. The van der Waals surface area contributed by atoms with Gasteiger partial charge in [-0.3, -0.25) is 4.90 Å². The summed E-state index contributed by atoms with van der Waals surface area (Å²) in [6.07, 6.45) is 0. The molecule has 0 aromatic heterocycles. The molecular formula is C32H35NP2. The summed E-state index contributed by atoms with van der Waals surface area (Å²) in [5.41, 5.74) is 1.32. The van der Waals surface area contributed by atoms with E-state index in [0.29, 0.717) is 11.3 Å². The van der Waals surface area contributed by atoms with Crippen molar-refractivity contribution in [3.05, 3.63) is 121 Å². The van der Waals surface area contributed by atoms with E-state index in [2.05, 4.69) is 147 Å². The monoisotopic (exact) mass is 495 g/mol. The van der Waals surface area contributed by atoms with Crippen LogP contribution in [0.5, 0.6) is 0 Å². The van der Waals surface area contributed by atoms with Gasteiger partial charge in [-0.25, -0.2) is 0 Å². The average molecular weight is 496 g/mol. The summed E-state index contributed by atoms with van der Waals surface area (Å²) < 4.78 is 0. The predicted molar refractivity (Wildman–Crippen MR) is 157 cm³/mol. The summed E-state index contributed by atoms with van der Waals surface area (Å²) in [4.78, 5) is 2.75. The van der Waals surface area contributed by atoms with Gasteiger partial charge in [0.15, 0.2) is 0 Å². The zero-order chi connectivity index (χ0) is 24.3. The molecular weight excluding hydrogens is 460 g/mol. The lowest BCUT2D eigenvalue weighted by Crippen LogP contribution is -2.40. The van der Waals surface area contributed by atoms with Gasteiger partial charge in [-0.1, -0.05) is 121 Å². The molecule has 3 heteroatoms. The minimum absolute atomic E-state index is 0.149. The molecule has 1 saturated heterocycles. The first-order valence-electron chi connectivity index (χ1n) is 12.6. The molecule has 0 aliphatic carbocycles. The Bertz CT molecular complexity index is 1020. The van der Waals surface area contributed by atoms with Crippen molar-refractivity contribution >= 4 is 37.1 Å². The third-order valence-corrected chi connectivity index (χ3v) is 13.0. The van der Waals surface area contributed by atoms with Crippen molar-refractivity contribution < 1.29 is 0 Å². The second kappa shape index (κ2) is 10.8. The van der Waals surface area contributed by atoms with E-state index < -0.39 is 15.8 Å². The number of rotatable bonds is 6. The van der Waals surface area contributed by atoms with E-state index in [9.17, 15) is 0 Å². The summed E-state index contributed by atoms with van der Waals surface area (Å²) >= 11 is 0. The molecule has 0 saturated carbocycles. The molecule has 1 aliphatic heterocycles. The fraction of sp³-hybridized carbons (Fsp3) is 0.250. The summed E-state index contributed by atoms with van der Waals surface area (Å²) in [6, 6.07) is 45.3. The van der Waals surface area contributed by atoms with Gasteiger partial charge in [-0.05, 0) is 57.8 Å². The van der Waals surface area contributed by atoms with Crippen LogP contribution in [0.2, 0.25) is 0 Å². The lowest BCUT2D eigenvalue weighted by molar-refractivity contribution is 0.176. The van der Waals surface area contributed by atoms with Crippen LogP contribution < -0.4 is 21.2 Å². The van der Waals surface area contributed by atoms with Crippen molar-refractivity contribution in [3.63, 3.8) is 0 Å². The number of likely N-dealkylation sites (tertiary alicyclic amines) is 1. The molecule has 35 heavy (non-hydrogen) atoms. The molecule has 0 radical (unpaired) electrons. The lowest BCUT2D eigenvalue weighted by Gasteiger charge is -2.34. The molecule has 0 amide bonds. The largest absolute Gasteiger partial charge is 0.297 e. The Kier molecular flexibility index (Phi) is 7.50. The van der Waals surface area contributed by atoms with Crippen molar-refractivity contribution in [1.29, 1.82) is 0 Å². The van der Waals surface area contributed by atoms with Crippen LogP contribution in [0.25, 0.3) is 0 Å². The molecule has 1 aliphatic rings. The summed E-state index contributed by atoms with van der Waals surface area (Å²) in [7, 11) is -1.01. The number of nitrogens with zero attached hydrogens (tertiary/aromatic N) is 1. The van der Waals surface area contributed by atoms with Crippen molar-refractivity contribution in [2.75, 3.05) is 13.1 Å². The Balaban J connectivity index is 1.67. The molecule has 0 spiro atoms. The Morgan fingerprint density at radius 1 is 0.486 bits per heavy atom. The highest BCUT2D eigenvalue weighted by Crippen LogP contribution is 2.55. The highest BCUT2D eigenvalue weighted by molar-refractivity contribution is 7.77. The topological polar surface area (TPSA) is 3.24 Å². The normalized spacial score (nSPS) is 18.9. The van der Waals surface area contributed by atoms with E-state index in [-0.39, 0.29) is 5.54 Å². The van der Waals surface area contributed by atoms with E-state index in [4.69, 9.17) is 0 Å². The maximum Gasteiger partial charge on any atom is 0.0125 e. The molecule has 1 heterocycles. The average Bonchev–Trinajstić information content (AvgIpc) is 3.32. The van der Waals surface area contributed by atoms with Crippen LogP contribution in [0.15, 0.2) is 121 Å². The van der Waals surface area contributed by atoms with E-state index >= 15 is 0 Å². The number of hydrogen-bond acceptors (Lipinski definition) is 1. The molecule has 0 N–H and O–H groups in total. The smallest absolute Gasteiger partial charge is 0.0125 e. The predicted octanol–water partition coefficient (Wildman–Crippen LogP) is 6.10. The first-order valence-corrected chi connectivity index (χ1v) is 15.4. The number of hydrogen-bond donors (Lipinski definition) is 0. The van der Waals surface area contributed by atoms with Crippen LogP contribution in [0.1, 0.15) is 20.8 Å². The van der Waals surface area contributed by atoms with Crippen LogP contribution in [0, 0.1) is 0 Å². The van der Waals surface area contributed by atoms with Gasteiger partial charge in [0, 0.05) is 29.9 Å². The van der Waals surface area contributed by atoms with E-state index in [1.807, 2.05) is 0 Å². The molecule has 178 valence electrons. The molecule has 4 aromatic carbocycles. The van der Waals surface area contributed by atoms with Crippen LogP contribution in [0.3, 0.4) is 0 Å². The summed E-state index contributed by atoms with van der Waals surface area (Å²) in [5.74, 6) is 0. The van der Waals surface area contributed by atoms with Crippen LogP contribution in [0.4, 0.5) is 0 Å². The fourth-order valence-electron chi connectivity index (χ4n) is 5.24. The van der Waals surface area contributed by atoms with Crippen LogP contribution >= 0.6 is 15.8 Å². The Labute approximate surface area is 213 Å². The number of benzene rings is 4. The lowest BCUT2D eigenvalue weighted by atomic mass is 10.1. The molecule has 5 rings (SSSR count). The Morgan fingerprint density at radius 3 is 0.971 bits per heavy atom. The molecule has 2 unspecified atom stereocenters. The van der Waals surface area contributed by atoms with Crippen LogP contribution in [-0.4, -0.2) is 34.8 Å². The first-order chi connectivity index (χ1) is 17.0. The first kappa shape index (κ1) is 24.4. The minimum Gasteiger partial charge on any atom is -0.297 e. The minimum atomic E-state index is -0.504. The molecule has 4 aromatic rings. The molecule has 1 nitrogen and oxygen atoms in total. The molecule has 1 fully saturated rings. The quantitative estimate of drug-likeness (QED) is 0.292. The molecule has 2 atom stereocenters. The maximum absolute atomic E-state index is 2.75. The zero-order valence-corrected chi connectivity index (χ0v) is 22.7. The van der Waals surface area contributed by atoms with Gasteiger partial charge in [0.05, 0.1) is 0 Å². The van der Waals surface area contributed by atoms with Gasteiger partial charge in [0.2, 0.25) is 0 Å². The van der Waals surface area contributed by atoms with Gasteiger partial charge >= 0.3 is 0 Å². The standard InChI is InChI=1S/C32H35NP2/c1-32(2,3)33-24-30(34(26-16-8-4-9-17-26)27-18-10-5-11-19-27)31(25-33)35(28-20-12-6-13-21-28)29-22-14-7-15-23-29/h4-23,30-31H,24-25H2,1-3H3. The van der Waals surface area contributed by atoms with E-state index in [0.717, 1.165) is 13.1 Å². The van der Waals surface area contributed by atoms with Gasteiger partial charge in [0.1, 0.15) is 0 Å². The van der Waals surface area contributed by atoms with Gasteiger partial charge in [-0.15, -0.1) is 0 Å². The summed E-state index contributed by atoms with van der Waals surface area (Å²) in [6.45, 7) is 9.43. The second-order valence-electron chi connectivity index (χ2n) is 10.3. The summed E-state index contributed by atoms with van der Waals surface area (Å²) in [5, 5.41) is 5.98. The van der Waals surface area contributed by atoms with Crippen molar-refractivity contribution in [2.45, 2.75) is 37.6 Å². The van der Waals surface area contributed by atoms with Gasteiger partial charge in [-0.2, -0.15) is 0 Å². The van der Waals surface area contributed by atoms with Crippen molar-refractivity contribution in [3.8, 4) is 0 Å². The van der Waals surface area contributed by atoms with Crippen molar-refractivity contribution in [1.82, 2.24) is 4.90 Å². The SMILES string of the molecule is CC(C)(C)N1CC(P(c2ccccc2)c2ccccc2)C(P(c2ccccc2)c2ccccc2)C1. The van der Waals surface area contributed by atoms with E-state index in [1.54, 1.807) is 0 Å². The third kappa shape index (κ3) is 5.44. The van der Waals surface area contributed by atoms with Crippen molar-refractivity contribution in [2.24, 2.45) is 0 Å². The maximum atomic E-state index is 2.75. The fourth-order valence-corrected chi connectivity index (χ4v) is 11.7. The second-order valence-corrected chi connectivity index (χ2v) is 15.2. The highest BCUT2D eigenvalue weighted by atomic mass is 31.1. The third-order valence-electron chi connectivity index (χ3n) is 7.01. The van der Waals surface area contributed by atoms with Gasteiger partial charge in [0.25, 0.3) is 0 Å². The van der Waals surface area contributed by atoms with E-state index in [1.165, 1.54) is 21.2 Å². The van der Waals surface area contributed by atoms with Crippen LogP contribution in [-0.2, 0) is 0 Å². The zero-order valence-electron chi connectivity index (χ0n) is 21.0. The Morgan fingerprint density at radius 2 is 0.743 bits per heavy atom.